The second-order valence-electron chi connectivity index (χ2n) is 2.38. The quantitative estimate of drug-likeness (QED) is 0.352. The first-order valence-electron chi connectivity index (χ1n) is 3.87. The first kappa shape index (κ1) is 12.2. The Bertz CT molecular complexity index is 141. The van der Waals surface area contributed by atoms with Crippen LogP contribution >= 0.6 is 0 Å². The predicted octanol–water partition coefficient (Wildman–Crippen LogP) is -0.375. The molecule has 0 aliphatic carbocycles. The zero-order valence-electron chi connectivity index (χ0n) is 7.86. The fraction of sp³-hybridized carbons (Fsp3) is 0.857. The van der Waals surface area contributed by atoms with Crippen molar-refractivity contribution in [2.75, 3.05) is 40.5 Å². The van der Waals surface area contributed by atoms with Crippen LogP contribution in [-0.2, 0) is 14.5 Å². The molecule has 6 nitrogen and oxygen atoms in total. The van der Waals surface area contributed by atoms with Gasteiger partial charge in [0.1, 0.15) is 6.61 Å². The van der Waals surface area contributed by atoms with E-state index in [1.165, 1.54) is 7.11 Å². The van der Waals surface area contributed by atoms with Gasteiger partial charge in [-0.3, -0.25) is 4.89 Å². The molecule has 0 fully saturated rings. The van der Waals surface area contributed by atoms with Gasteiger partial charge in [0.15, 0.2) is 0 Å². The van der Waals surface area contributed by atoms with Crippen LogP contribution in [0.4, 0.5) is 4.79 Å². The standard InChI is InChI=1S/C7H15NO5/c1-8(3-5-9)4-6-12-7(10)13-11-2/h9H,3-6H2,1-2H3. The fourth-order valence-electron chi connectivity index (χ4n) is 0.659. The first-order chi connectivity index (χ1) is 6.20. The Morgan fingerprint density at radius 1 is 1.46 bits per heavy atom. The van der Waals surface area contributed by atoms with Crippen LogP contribution < -0.4 is 0 Å². The third kappa shape index (κ3) is 7.51. The maximum absolute atomic E-state index is 10.5. The molecule has 0 heterocycles. The molecule has 78 valence electrons. The molecular weight excluding hydrogens is 178 g/mol. The molecule has 13 heavy (non-hydrogen) atoms. The zero-order valence-corrected chi connectivity index (χ0v) is 7.86. The monoisotopic (exact) mass is 193 g/mol. The number of likely N-dealkylation sites (N-methyl/N-ethyl adjacent to an activating group) is 1. The lowest BCUT2D eigenvalue weighted by Crippen LogP contribution is -2.27. The normalized spacial score (nSPS) is 10.2. The van der Waals surface area contributed by atoms with Crippen molar-refractivity contribution in [3.63, 3.8) is 0 Å². The van der Waals surface area contributed by atoms with E-state index in [1.54, 1.807) is 7.05 Å². The molecule has 6 heteroatoms. The predicted molar refractivity (Wildman–Crippen MR) is 44.0 cm³/mol. The van der Waals surface area contributed by atoms with Gasteiger partial charge in [-0.1, -0.05) is 0 Å². The highest BCUT2D eigenvalue weighted by Gasteiger charge is 2.04. The van der Waals surface area contributed by atoms with E-state index >= 15 is 0 Å². The Hall–Kier alpha value is -0.850. The summed E-state index contributed by atoms with van der Waals surface area (Å²) in [5.41, 5.74) is 0. The molecule has 0 aliphatic heterocycles. The van der Waals surface area contributed by atoms with Gasteiger partial charge in [0.2, 0.25) is 0 Å². The van der Waals surface area contributed by atoms with Crippen molar-refractivity contribution in [2.45, 2.75) is 0 Å². The molecule has 0 radical (unpaired) electrons. The number of hydrogen-bond donors (Lipinski definition) is 1. The number of aliphatic hydroxyl groups excluding tert-OH is 1. The van der Waals surface area contributed by atoms with Gasteiger partial charge in [-0.2, -0.15) is 4.89 Å². The van der Waals surface area contributed by atoms with Crippen LogP contribution in [0.2, 0.25) is 0 Å². The number of hydrogen-bond acceptors (Lipinski definition) is 6. The molecule has 0 rings (SSSR count). The van der Waals surface area contributed by atoms with E-state index in [-0.39, 0.29) is 13.2 Å². The summed E-state index contributed by atoms with van der Waals surface area (Å²) < 4.78 is 4.59. The largest absolute Gasteiger partial charge is 0.540 e. The van der Waals surface area contributed by atoms with Gasteiger partial charge >= 0.3 is 6.16 Å². The van der Waals surface area contributed by atoms with Crippen LogP contribution in [0.5, 0.6) is 0 Å². The van der Waals surface area contributed by atoms with Gasteiger partial charge in [0.05, 0.1) is 13.7 Å². The Morgan fingerprint density at radius 2 is 2.15 bits per heavy atom. The summed E-state index contributed by atoms with van der Waals surface area (Å²) in [4.78, 5) is 20.5. The molecule has 0 spiro atoms. The van der Waals surface area contributed by atoms with E-state index in [9.17, 15) is 4.79 Å². The summed E-state index contributed by atoms with van der Waals surface area (Å²) in [7, 11) is 3.03. The van der Waals surface area contributed by atoms with Crippen molar-refractivity contribution in [1.82, 2.24) is 4.90 Å². The van der Waals surface area contributed by atoms with E-state index in [1.807, 2.05) is 4.90 Å². The molecule has 0 aromatic heterocycles. The summed E-state index contributed by atoms with van der Waals surface area (Å²) in [5, 5.41) is 8.54. The highest BCUT2D eigenvalue weighted by atomic mass is 17.2. The number of rotatable bonds is 6. The minimum atomic E-state index is -0.861. The molecule has 1 N–H and O–H groups in total. The van der Waals surface area contributed by atoms with Crippen LogP contribution in [0, 0.1) is 0 Å². The number of carbonyl (C=O) groups is 1. The van der Waals surface area contributed by atoms with Gasteiger partial charge in [-0.25, -0.2) is 4.79 Å². The smallest absolute Gasteiger partial charge is 0.431 e. The zero-order chi connectivity index (χ0) is 10.1. The van der Waals surface area contributed by atoms with Crippen LogP contribution in [0.25, 0.3) is 0 Å². The number of nitrogens with zero attached hydrogens (tertiary/aromatic N) is 1. The highest BCUT2D eigenvalue weighted by Crippen LogP contribution is 1.87. The average molecular weight is 193 g/mol. The fourth-order valence-corrected chi connectivity index (χ4v) is 0.659. The minimum absolute atomic E-state index is 0.0824. The molecule has 0 atom stereocenters. The lowest BCUT2D eigenvalue weighted by Gasteiger charge is -2.13. The molecular formula is C7H15NO5. The van der Waals surface area contributed by atoms with Crippen molar-refractivity contribution in [1.29, 1.82) is 0 Å². The van der Waals surface area contributed by atoms with Crippen molar-refractivity contribution in [2.24, 2.45) is 0 Å². The molecule has 0 amide bonds. The van der Waals surface area contributed by atoms with E-state index < -0.39 is 6.16 Å². The van der Waals surface area contributed by atoms with Crippen LogP contribution in [0.15, 0.2) is 0 Å². The molecule has 0 aromatic carbocycles. The van der Waals surface area contributed by atoms with E-state index in [4.69, 9.17) is 5.11 Å². The SMILES string of the molecule is COOC(=O)OCCN(C)CCO. The highest BCUT2D eigenvalue weighted by molar-refractivity contribution is 5.58. The van der Waals surface area contributed by atoms with Crippen LogP contribution in [0.3, 0.4) is 0 Å². The van der Waals surface area contributed by atoms with Crippen LogP contribution in [-0.4, -0.2) is 56.6 Å². The summed E-state index contributed by atoms with van der Waals surface area (Å²) in [6.07, 6.45) is -0.861. The van der Waals surface area contributed by atoms with E-state index in [2.05, 4.69) is 14.5 Å². The summed E-state index contributed by atoms with van der Waals surface area (Å²) in [6, 6.07) is 0. The Morgan fingerprint density at radius 3 is 2.69 bits per heavy atom. The van der Waals surface area contributed by atoms with E-state index in [0.29, 0.717) is 13.1 Å². The molecule has 0 aromatic rings. The minimum Gasteiger partial charge on any atom is -0.431 e. The summed E-state index contributed by atoms with van der Waals surface area (Å²) in [6.45, 7) is 1.37. The number of carbonyl (C=O) groups excluding carboxylic acids is 1. The van der Waals surface area contributed by atoms with Crippen molar-refractivity contribution in [3.8, 4) is 0 Å². The van der Waals surface area contributed by atoms with Gasteiger partial charge in [-0.05, 0) is 7.05 Å². The lowest BCUT2D eigenvalue weighted by molar-refractivity contribution is -0.231. The summed E-state index contributed by atoms with van der Waals surface area (Å²) in [5.74, 6) is 0. The molecule has 0 bridgehead atoms. The molecule has 0 saturated carbocycles. The molecule has 0 aliphatic rings. The average Bonchev–Trinajstić information content (AvgIpc) is 2.05. The maximum atomic E-state index is 10.5. The maximum Gasteiger partial charge on any atom is 0.540 e. The second kappa shape index (κ2) is 7.78. The number of aliphatic hydroxyl groups is 1. The van der Waals surface area contributed by atoms with Gasteiger partial charge in [-0.15, -0.1) is 0 Å². The van der Waals surface area contributed by atoms with Gasteiger partial charge < -0.3 is 14.7 Å². The van der Waals surface area contributed by atoms with Crippen molar-refractivity contribution < 1.29 is 24.4 Å². The third-order valence-electron chi connectivity index (χ3n) is 1.33. The van der Waals surface area contributed by atoms with Crippen molar-refractivity contribution in [3.05, 3.63) is 0 Å². The number of ether oxygens (including phenoxy) is 1. The molecule has 0 saturated heterocycles. The topological polar surface area (TPSA) is 68.2 Å². The Kier molecular flexibility index (Phi) is 7.27. The second-order valence-corrected chi connectivity index (χ2v) is 2.38. The van der Waals surface area contributed by atoms with Crippen molar-refractivity contribution >= 4 is 6.16 Å². The summed E-state index contributed by atoms with van der Waals surface area (Å²) >= 11 is 0. The Balaban J connectivity index is 3.28. The van der Waals surface area contributed by atoms with E-state index in [0.717, 1.165) is 0 Å². The van der Waals surface area contributed by atoms with Crippen LogP contribution in [0.1, 0.15) is 0 Å². The van der Waals surface area contributed by atoms with Gasteiger partial charge in [0, 0.05) is 13.1 Å². The van der Waals surface area contributed by atoms with Gasteiger partial charge in [0.25, 0.3) is 0 Å². The third-order valence-corrected chi connectivity index (χ3v) is 1.33. The molecule has 0 unspecified atom stereocenters. The first-order valence-corrected chi connectivity index (χ1v) is 3.87. The lowest BCUT2D eigenvalue weighted by atomic mass is 10.5. The Labute approximate surface area is 76.9 Å².